The van der Waals surface area contributed by atoms with E-state index in [9.17, 15) is 9.59 Å². The highest BCUT2D eigenvalue weighted by Gasteiger charge is 2.23. The Bertz CT molecular complexity index is 673. The van der Waals surface area contributed by atoms with Crippen molar-refractivity contribution in [3.63, 3.8) is 0 Å². The summed E-state index contributed by atoms with van der Waals surface area (Å²) in [5, 5.41) is 4.22. The quantitative estimate of drug-likeness (QED) is 0.751. The summed E-state index contributed by atoms with van der Waals surface area (Å²) in [6, 6.07) is 3.19. The van der Waals surface area contributed by atoms with Crippen LogP contribution in [0.3, 0.4) is 0 Å². The molecular formula is C13H13N3O3. The second-order valence-electron chi connectivity index (χ2n) is 4.57. The Kier molecular flexibility index (Phi) is 2.70. The molecule has 0 fully saturated rings. The zero-order chi connectivity index (χ0) is 13.4. The largest absolute Gasteiger partial charge is 0.472 e. The molecule has 1 aliphatic rings. The molecule has 0 N–H and O–H groups in total. The maximum Gasteiger partial charge on any atom is 0.266 e. The number of hydrogen-bond donors (Lipinski definition) is 0. The average Bonchev–Trinajstić information content (AvgIpc) is 2.93. The lowest BCUT2D eigenvalue weighted by Gasteiger charge is -2.27. The van der Waals surface area contributed by atoms with E-state index in [-0.39, 0.29) is 11.5 Å². The Hall–Kier alpha value is -2.37. The van der Waals surface area contributed by atoms with Gasteiger partial charge in [-0.15, -0.1) is 0 Å². The van der Waals surface area contributed by atoms with E-state index < -0.39 is 0 Å². The van der Waals surface area contributed by atoms with Crippen molar-refractivity contribution in [1.29, 1.82) is 0 Å². The summed E-state index contributed by atoms with van der Waals surface area (Å²) in [7, 11) is 1.63. The Morgan fingerprint density at radius 1 is 1.47 bits per heavy atom. The molecule has 2 aromatic heterocycles. The maximum absolute atomic E-state index is 12.2. The Morgan fingerprint density at radius 3 is 3.05 bits per heavy atom. The molecule has 0 aromatic carbocycles. The van der Waals surface area contributed by atoms with Crippen LogP contribution in [0.1, 0.15) is 21.6 Å². The van der Waals surface area contributed by atoms with Gasteiger partial charge in [0.05, 0.1) is 17.5 Å². The van der Waals surface area contributed by atoms with Crippen LogP contribution < -0.4 is 5.56 Å². The van der Waals surface area contributed by atoms with E-state index in [1.807, 2.05) is 0 Å². The molecule has 1 amide bonds. The van der Waals surface area contributed by atoms with Gasteiger partial charge in [0.2, 0.25) is 0 Å². The van der Waals surface area contributed by atoms with Crippen molar-refractivity contribution in [1.82, 2.24) is 14.7 Å². The minimum absolute atomic E-state index is 0.0833. The minimum atomic E-state index is -0.156. The lowest BCUT2D eigenvalue weighted by atomic mass is 10.1. The Balaban J connectivity index is 1.88. The van der Waals surface area contributed by atoms with Gasteiger partial charge in [0, 0.05) is 38.2 Å². The third-order valence-electron chi connectivity index (χ3n) is 3.29. The summed E-state index contributed by atoms with van der Waals surface area (Å²) in [5.74, 6) is -0.0833. The third-order valence-corrected chi connectivity index (χ3v) is 3.29. The molecule has 6 heteroatoms. The van der Waals surface area contributed by atoms with Gasteiger partial charge >= 0.3 is 0 Å². The fourth-order valence-electron chi connectivity index (χ4n) is 2.24. The maximum atomic E-state index is 12.2. The standard InChI is InChI=1S/C13H13N3O3/c1-15-12(17)6-10-7-16(4-2-11(10)14-15)13(18)9-3-5-19-8-9/h3,5-6,8H,2,4,7H2,1H3. The van der Waals surface area contributed by atoms with Crippen molar-refractivity contribution in [2.24, 2.45) is 7.05 Å². The molecule has 0 saturated carbocycles. The minimum Gasteiger partial charge on any atom is -0.472 e. The van der Waals surface area contributed by atoms with Crippen molar-refractivity contribution in [2.75, 3.05) is 6.54 Å². The number of nitrogens with zero attached hydrogens (tertiary/aromatic N) is 3. The van der Waals surface area contributed by atoms with E-state index in [0.717, 1.165) is 11.3 Å². The number of rotatable bonds is 1. The second kappa shape index (κ2) is 4.38. The molecule has 0 spiro atoms. The van der Waals surface area contributed by atoms with E-state index in [1.165, 1.54) is 17.2 Å². The summed E-state index contributed by atoms with van der Waals surface area (Å²) < 4.78 is 6.24. The van der Waals surface area contributed by atoms with Crippen LogP contribution in [-0.2, 0) is 20.0 Å². The number of aromatic nitrogens is 2. The summed E-state index contributed by atoms with van der Waals surface area (Å²) >= 11 is 0. The first-order chi connectivity index (χ1) is 9.15. The molecule has 3 heterocycles. The molecule has 6 nitrogen and oxygen atoms in total. The van der Waals surface area contributed by atoms with Crippen LogP contribution in [0, 0.1) is 0 Å². The molecule has 0 unspecified atom stereocenters. The van der Waals surface area contributed by atoms with Crippen LogP contribution in [-0.4, -0.2) is 27.1 Å². The van der Waals surface area contributed by atoms with Gasteiger partial charge in [0.1, 0.15) is 6.26 Å². The molecule has 0 atom stereocenters. The first-order valence-electron chi connectivity index (χ1n) is 6.03. The highest BCUT2D eigenvalue weighted by molar-refractivity contribution is 5.93. The van der Waals surface area contributed by atoms with E-state index >= 15 is 0 Å². The van der Waals surface area contributed by atoms with Crippen molar-refractivity contribution >= 4 is 5.91 Å². The van der Waals surface area contributed by atoms with Crippen LogP contribution in [0.4, 0.5) is 0 Å². The monoisotopic (exact) mass is 259 g/mol. The summed E-state index contributed by atoms with van der Waals surface area (Å²) in [6.07, 6.45) is 3.57. The SMILES string of the molecule is Cn1nc2c(cc1=O)CN(C(=O)c1ccoc1)CC2. The molecule has 0 aliphatic carbocycles. The van der Waals surface area contributed by atoms with Crippen LogP contribution in [0.15, 0.2) is 33.9 Å². The normalized spacial score (nSPS) is 14.3. The highest BCUT2D eigenvalue weighted by atomic mass is 16.3. The fourth-order valence-corrected chi connectivity index (χ4v) is 2.24. The predicted molar refractivity (Wildman–Crippen MR) is 66.6 cm³/mol. The number of carbonyl (C=O) groups is 1. The van der Waals surface area contributed by atoms with Gasteiger partial charge in [-0.1, -0.05) is 0 Å². The lowest BCUT2D eigenvalue weighted by Crippen LogP contribution is -2.38. The van der Waals surface area contributed by atoms with E-state index in [1.54, 1.807) is 24.1 Å². The molecule has 0 saturated heterocycles. The van der Waals surface area contributed by atoms with Gasteiger partial charge in [-0.25, -0.2) is 4.68 Å². The van der Waals surface area contributed by atoms with Gasteiger partial charge in [-0.2, -0.15) is 5.10 Å². The van der Waals surface area contributed by atoms with Crippen molar-refractivity contribution < 1.29 is 9.21 Å². The molecule has 98 valence electrons. The zero-order valence-corrected chi connectivity index (χ0v) is 10.5. The van der Waals surface area contributed by atoms with Gasteiger partial charge in [0.25, 0.3) is 11.5 Å². The summed E-state index contributed by atoms with van der Waals surface area (Å²) in [5.41, 5.74) is 2.08. The molecule has 1 aliphatic heterocycles. The molecule has 19 heavy (non-hydrogen) atoms. The summed E-state index contributed by atoms with van der Waals surface area (Å²) in [4.78, 5) is 25.5. The number of fused-ring (bicyclic) bond motifs is 1. The second-order valence-corrected chi connectivity index (χ2v) is 4.57. The molecule has 2 aromatic rings. The van der Waals surface area contributed by atoms with E-state index in [0.29, 0.717) is 25.1 Å². The Labute approximate surface area is 109 Å². The predicted octanol–water partition coefficient (Wildman–Crippen LogP) is 0.572. The third kappa shape index (κ3) is 2.05. The number of carbonyl (C=O) groups excluding carboxylic acids is 1. The molecule has 0 bridgehead atoms. The number of hydrogen-bond acceptors (Lipinski definition) is 4. The lowest BCUT2D eigenvalue weighted by molar-refractivity contribution is 0.0732. The first-order valence-corrected chi connectivity index (χ1v) is 6.03. The highest BCUT2D eigenvalue weighted by Crippen LogP contribution is 2.17. The van der Waals surface area contributed by atoms with Crippen molar-refractivity contribution in [3.05, 3.63) is 51.8 Å². The topological polar surface area (TPSA) is 68.3 Å². The molecule has 3 rings (SSSR count). The van der Waals surface area contributed by atoms with Crippen LogP contribution in [0.25, 0.3) is 0 Å². The first kappa shape index (κ1) is 11.7. The van der Waals surface area contributed by atoms with Gasteiger partial charge in [-0.05, 0) is 6.07 Å². The smallest absolute Gasteiger partial charge is 0.266 e. The summed E-state index contributed by atoms with van der Waals surface area (Å²) in [6.45, 7) is 1.02. The van der Waals surface area contributed by atoms with Crippen LogP contribution in [0.5, 0.6) is 0 Å². The van der Waals surface area contributed by atoms with Crippen molar-refractivity contribution in [2.45, 2.75) is 13.0 Å². The van der Waals surface area contributed by atoms with Crippen LogP contribution >= 0.6 is 0 Å². The zero-order valence-electron chi connectivity index (χ0n) is 10.5. The van der Waals surface area contributed by atoms with Crippen molar-refractivity contribution in [3.8, 4) is 0 Å². The number of furan rings is 1. The number of aryl methyl sites for hydroxylation is 1. The van der Waals surface area contributed by atoms with Gasteiger partial charge in [-0.3, -0.25) is 9.59 Å². The van der Waals surface area contributed by atoms with Gasteiger partial charge < -0.3 is 9.32 Å². The molecule has 0 radical (unpaired) electrons. The fraction of sp³-hybridized carbons (Fsp3) is 0.308. The van der Waals surface area contributed by atoms with E-state index in [2.05, 4.69) is 5.10 Å². The average molecular weight is 259 g/mol. The van der Waals surface area contributed by atoms with Crippen LogP contribution in [0.2, 0.25) is 0 Å². The Morgan fingerprint density at radius 2 is 2.32 bits per heavy atom. The molecular weight excluding hydrogens is 246 g/mol. The van der Waals surface area contributed by atoms with Gasteiger partial charge in [0.15, 0.2) is 0 Å². The van der Waals surface area contributed by atoms with E-state index in [4.69, 9.17) is 4.42 Å². The number of amides is 1.